The number of aryl methyl sites for hydroxylation is 1. The maximum absolute atomic E-state index is 11.8. The second kappa shape index (κ2) is 6.78. The molecule has 1 fully saturated rings. The van der Waals surface area contributed by atoms with Crippen molar-refractivity contribution in [3.05, 3.63) is 96.1 Å². The van der Waals surface area contributed by atoms with Gasteiger partial charge in [-0.1, -0.05) is 66.2 Å². The summed E-state index contributed by atoms with van der Waals surface area (Å²) in [5.74, 6) is 0. The van der Waals surface area contributed by atoms with Crippen LogP contribution >= 0.6 is 12.2 Å². The van der Waals surface area contributed by atoms with Crippen molar-refractivity contribution in [2.75, 3.05) is 9.80 Å². The average molecular weight is 376 g/mol. The number of hydrogen-bond donors (Lipinski definition) is 2. The van der Waals surface area contributed by atoms with Gasteiger partial charge < -0.3 is 10.2 Å². The zero-order valence-corrected chi connectivity index (χ0v) is 15.7. The van der Waals surface area contributed by atoms with Crippen LogP contribution in [0.2, 0.25) is 0 Å². The Morgan fingerprint density at radius 2 is 1.33 bits per heavy atom. The van der Waals surface area contributed by atoms with Crippen molar-refractivity contribution in [2.45, 2.75) is 18.9 Å². The van der Waals surface area contributed by atoms with Crippen LogP contribution in [-0.2, 0) is 5.72 Å². The van der Waals surface area contributed by atoms with Gasteiger partial charge in [0, 0.05) is 16.9 Å². The van der Waals surface area contributed by atoms with E-state index in [1.165, 1.54) is 0 Å². The van der Waals surface area contributed by atoms with Crippen molar-refractivity contribution in [3.8, 4) is 0 Å². The second-order valence-electron chi connectivity index (χ2n) is 6.62. The Balaban J connectivity index is 1.90. The summed E-state index contributed by atoms with van der Waals surface area (Å²) in [7, 11) is 0. The number of nitrogens with zero attached hydrogens (tertiary/aromatic N) is 2. The van der Waals surface area contributed by atoms with Gasteiger partial charge >= 0.3 is 0 Å². The van der Waals surface area contributed by atoms with Crippen molar-refractivity contribution in [1.82, 2.24) is 0 Å². The molecule has 3 aromatic carbocycles. The third kappa shape index (κ3) is 2.80. The number of aliphatic hydroxyl groups is 2. The van der Waals surface area contributed by atoms with Crippen molar-refractivity contribution in [1.29, 1.82) is 0 Å². The molecule has 0 aliphatic carbocycles. The Hall–Kier alpha value is -2.73. The molecule has 0 saturated carbocycles. The van der Waals surface area contributed by atoms with Crippen LogP contribution in [0, 0.1) is 6.92 Å². The molecule has 5 heteroatoms. The van der Waals surface area contributed by atoms with Crippen molar-refractivity contribution >= 4 is 28.7 Å². The Kier molecular flexibility index (Phi) is 4.44. The molecular weight excluding hydrogens is 356 g/mol. The molecule has 1 heterocycles. The number of rotatable bonds is 3. The van der Waals surface area contributed by atoms with Gasteiger partial charge in [-0.15, -0.1) is 0 Å². The molecule has 4 rings (SSSR count). The molecule has 1 saturated heterocycles. The fourth-order valence-corrected chi connectivity index (χ4v) is 3.91. The molecule has 1 aliphatic rings. The van der Waals surface area contributed by atoms with Crippen molar-refractivity contribution in [2.24, 2.45) is 0 Å². The van der Waals surface area contributed by atoms with Gasteiger partial charge in [0.15, 0.2) is 11.3 Å². The van der Waals surface area contributed by atoms with E-state index in [4.69, 9.17) is 12.2 Å². The van der Waals surface area contributed by atoms with E-state index in [9.17, 15) is 10.2 Å². The van der Waals surface area contributed by atoms with Gasteiger partial charge in [-0.05, 0) is 43.4 Å². The number of hydrogen-bond acceptors (Lipinski definition) is 3. The number of thiocarbonyl (C=S) groups is 1. The fraction of sp³-hybridized carbons (Fsp3) is 0.136. The first-order valence-electron chi connectivity index (χ1n) is 8.74. The van der Waals surface area contributed by atoms with E-state index >= 15 is 0 Å². The summed E-state index contributed by atoms with van der Waals surface area (Å²) in [6, 6.07) is 26.2. The topological polar surface area (TPSA) is 46.9 Å². The third-order valence-corrected chi connectivity index (χ3v) is 5.25. The molecule has 2 atom stereocenters. The van der Waals surface area contributed by atoms with Gasteiger partial charge in [-0.3, -0.25) is 9.80 Å². The summed E-state index contributed by atoms with van der Waals surface area (Å²) >= 11 is 5.71. The maximum atomic E-state index is 11.8. The zero-order chi connectivity index (χ0) is 19.0. The Morgan fingerprint density at radius 3 is 1.89 bits per heavy atom. The lowest BCUT2D eigenvalue weighted by atomic mass is 9.98. The molecule has 1 aliphatic heterocycles. The highest BCUT2D eigenvalue weighted by Crippen LogP contribution is 2.43. The summed E-state index contributed by atoms with van der Waals surface area (Å²) in [6.07, 6.45) is -1.27. The smallest absolute Gasteiger partial charge is 0.217 e. The summed E-state index contributed by atoms with van der Waals surface area (Å²) in [5.41, 5.74) is 1.36. The van der Waals surface area contributed by atoms with E-state index in [1.54, 1.807) is 9.80 Å². The van der Waals surface area contributed by atoms with Gasteiger partial charge in [0.1, 0.15) is 0 Å². The molecular formula is C22H20N2O2S. The summed E-state index contributed by atoms with van der Waals surface area (Å²) in [5, 5.41) is 23.4. The molecule has 0 amide bonds. The van der Waals surface area contributed by atoms with E-state index in [0.29, 0.717) is 16.4 Å². The van der Waals surface area contributed by atoms with Crippen LogP contribution in [0.1, 0.15) is 11.1 Å². The first-order chi connectivity index (χ1) is 13.0. The van der Waals surface area contributed by atoms with Gasteiger partial charge in [0.2, 0.25) is 5.72 Å². The van der Waals surface area contributed by atoms with Gasteiger partial charge in [0.25, 0.3) is 0 Å². The lowest BCUT2D eigenvalue weighted by molar-refractivity contribution is -0.0546. The minimum absolute atomic E-state index is 0.336. The second-order valence-corrected chi connectivity index (χ2v) is 6.99. The predicted molar refractivity (Wildman–Crippen MR) is 112 cm³/mol. The van der Waals surface area contributed by atoms with Crippen LogP contribution in [0.5, 0.6) is 0 Å². The molecule has 4 nitrogen and oxygen atoms in total. The molecule has 0 aromatic heterocycles. The lowest BCUT2D eigenvalue weighted by Crippen LogP contribution is -2.49. The van der Waals surface area contributed by atoms with E-state index < -0.39 is 12.0 Å². The number of benzene rings is 3. The zero-order valence-electron chi connectivity index (χ0n) is 14.9. The molecule has 0 spiro atoms. The first kappa shape index (κ1) is 17.7. The summed E-state index contributed by atoms with van der Waals surface area (Å²) < 4.78 is 0. The number of aliphatic hydroxyl groups excluding tert-OH is 1. The minimum atomic E-state index is -1.72. The molecule has 0 unspecified atom stereocenters. The average Bonchev–Trinajstić information content (AvgIpc) is 2.90. The molecule has 27 heavy (non-hydrogen) atoms. The summed E-state index contributed by atoms with van der Waals surface area (Å²) in [6.45, 7) is 1.98. The first-order valence-corrected chi connectivity index (χ1v) is 9.15. The van der Waals surface area contributed by atoms with Crippen LogP contribution in [-0.4, -0.2) is 21.6 Å². The van der Waals surface area contributed by atoms with Gasteiger partial charge in [-0.2, -0.15) is 0 Å². The highest BCUT2D eigenvalue weighted by molar-refractivity contribution is 7.80. The molecule has 0 radical (unpaired) electrons. The normalized spacial score (nSPS) is 22.3. The quantitative estimate of drug-likeness (QED) is 0.682. The van der Waals surface area contributed by atoms with Crippen LogP contribution in [0.15, 0.2) is 84.9 Å². The standard InChI is InChI=1S/C22H20N2O2S/c1-16-12-14-17(15-13-16)22(26)20(25)23(18-8-4-2-5-9-18)21(27)24(22)19-10-6-3-7-11-19/h2-15,20,25-26H,1H3/t20-,22+/m0/s1. The highest BCUT2D eigenvalue weighted by atomic mass is 32.1. The SMILES string of the molecule is Cc1ccc([C@@]2(O)[C@H](O)N(c3ccccc3)C(=S)N2c2ccccc2)cc1. The van der Waals surface area contributed by atoms with Crippen LogP contribution in [0.4, 0.5) is 11.4 Å². The number of para-hydroxylation sites is 2. The molecule has 3 aromatic rings. The summed E-state index contributed by atoms with van der Waals surface area (Å²) in [4.78, 5) is 3.20. The Bertz CT molecular complexity index is 947. The van der Waals surface area contributed by atoms with E-state index in [1.807, 2.05) is 91.9 Å². The molecule has 2 N–H and O–H groups in total. The minimum Gasteiger partial charge on any atom is -0.368 e. The van der Waals surface area contributed by atoms with Crippen LogP contribution < -0.4 is 9.80 Å². The van der Waals surface area contributed by atoms with E-state index in [0.717, 1.165) is 11.3 Å². The predicted octanol–water partition coefficient (Wildman–Crippen LogP) is 3.77. The van der Waals surface area contributed by atoms with Gasteiger partial charge in [0.05, 0.1) is 0 Å². The largest absolute Gasteiger partial charge is 0.368 e. The fourth-order valence-electron chi connectivity index (χ4n) is 3.46. The number of anilines is 2. The van der Waals surface area contributed by atoms with Gasteiger partial charge in [-0.25, -0.2) is 0 Å². The van der Waals surface area contributed by atoms with Crippen molar-refractivity contribution < 1.29 is 10.2 Å². The van der Waals surface area contributed by atoms with Crippen LogP contribution in [0.25, 0.3) is 0 Å². The van der Waals surface area contributed by atoms with E-state index in [2.05, 4.69) is 0 Å². The molecule has 0 bridgehead atoms. The lowest BCUT2D eigenvalue weighted by Gasteiger charge is -2.35. The Labute approximate surface area is 163 Å². The van der Waals surface area contributed by atoms with E-state index in [-0.39, 0.29) is 0 Å². The highest BCUT2D eigenvalue weighted by Gasteiger charge is 2.56. The molecule has 136 valence electrons. The third-order valence-electron chi connectivity index (χ3n) is 4.87. The van der Waals surface area contributed by atoms with Crippen LogP contribution in [0.3, 0.4) is 0 Å². The Morgan fingerprint density at radius 1 is 0.815 bits per heavy atom. The monoisotopic (exact) mass is 376 g/mol. The van der Waals surface area contributed by atoms with Crippen molar-refractivity contribution in [3.63, 3.8) is 0 Å². The maximum Gasteiger partial charge on any atom is 0.217 e.